The van der Waals surface area contributed by atoms with Crippen LogP contribution in [-0.4, -0.2) is 35.5 Å². The van der Waals surface area contributed by atoms with Crippen LogP contribution in [0.1, 0.15) is 20.8 Å². The van der Waals surface area contributed by atoms with Gasteiger partial charge in [0.2, 0.25) is 0 Å². The average molecular weight is 200 g/mol. The van der Waals surface area contributed by atoms with E-state index in [9.17, 15) is 9.90 Å². The SMILES string of the molecule is CC(=O)/C=C/C(O)[C@H]1COC(C)(C)O1. The lowest BCUT2D eigenvalue weighted by Gasteiger charge is -2.18. The fourth-order valence-corrected chi connectivity index (χ4v) is 1.24. The lowest BCUT2D eigenvalue weighted by Crippen LogP contribution is -2.29. The minimum absolute atomic E-state index is 0.0952. The van der Waals surface area contributed by atoms with E-state index >= 15 is 0 Å². The Bertz CT molecular complexity index is 245. The molecular weight excluding hydrogens is 184 g/mol. The van der Waals surface area contributed by atoms with Crippen LogP contribution in [0.2, 0.25) is 0 Å². The van der Waals surface area contributed by atoms with Crippen molar-refractivity contribution in [3.63, 3.8) is 0 Å². The molecule has 0 amide bonds. The second-order valence-electron chi connectivity index (χ2n) is 3.83. The molecule has 1 aliphatic rings. The van der Waals surface area contributed by atoms with Gasteiger partial charge in [0.15, 0.2) is 11.6 Å². The van der Waals surface area contributed by atoms with Crippen LogP contribution in [0.4, 0.5) is 0 Å². The van der Waals surface area contributed by atoms with Crippen LogP contribution in [0.5, 0.6) is 0 Å². The Kier molecular flexibility index (Phi) is 3.42. The van der Waals surface area contributed by atoms with Crippen LogP contribution in [0.3, 0.4) is 0 Å². The number of ketones is 1. The molecule has 1 unspecified atom stereocenters. The van der Waals surface area contributed by atoms with Gasteiger partial charge in [0.05, 0.1) is 6.61 Å². The number of aliphatic hydroxyl groups excluding tert-OH is 1. The Balaban J connectivity index is 2.47. The highest BCUT2D eigenvalue weighted by atomic mass is 16.7. The summed E-state index contributed by atoms with van der Waals surface area (Å²) in [6.07, 6.45) is 1.58. The molecule has 4 nitrogen and oxygen atoms in total. The maximum Gasteiger partial charge on any atom is 0.163 e. The molecule has 1 saturated heterocycles. The van der Waals surface area contributed by atoms with E-state index in [2.05, 4.69) is 0 Å². The molecule has 0 aromatic rings. The van der Waals surface area contributed by atoms with E-state index < -0.39 is 11.9 Å². The molecule has 14 heavy (non-hydrogen) atoms. The summed E-state index contributed by atoms with van der Waals surface area (Å²) in [5.41, 5.74) is 0. The molecule has 0 bridgehead atoms. The molecule has 4 heteroatoms. The summed E-state index contributed by atoms with van der Waals surface area (Å²) < 4.78 is 10.7. The third-order valence-electron chi connectivity index (χ3n) is 1.94. The Morgan fingerprint density at radius 1 is 1.64 bits per heavy atom. The average Bonchev–Trinajstić information content (AvgIpc) is 2.41. The van der Waals surface area contributed by atoms with Crippen molar-refractivity contribution in [2.75, 3.05) is 6.61 Å². The van der Waals surface area contributed by atoms with E-state index in [4.69, 9.17) is 9.47 Å². The molecule has 2 atom stereocenters. The molecule has 0 aromatic carbocycles. The van der Waals surface area contributed by atoms with Crippen LogP contribution < -0.4 is 0 Å². The minimum Gasteiger partial charge on any atom is -0.386 e. The van der Waals surface area contributed by atoms with Crippen molar-refractivity contribution in [1.82, 2.24) is 0 Å². The first-order chi connectivity index (χ1) is 6.41. The number of allylic oxidation sites excluding steroid dienone is 1. The predicted octanol–water partition coefficient (Wildman–Crippen LogP) is 0.644. The minimum atomic E-state index is -0.791. The van der Waals surface area contributed by atoms with Crippen molar-refractivity contribution in [2.24, 2.45) is 0 Å². The monoisotopic (exact) mass is 200 g/mol. The predicted molar refractivity (Wildman–Crippen MR) is 50.7 cm³/mol. The number of rotatable bonds is 3. The van der Waals surface area contributed by atoms with Crippen molar-refractivity contribution >= 4 is 5.78 Å². The summed E-state index contributed by atoms with van der Waals surface area (Å²) in [7, 11) is 0. The molecule has 1 rings (SSSR count). The van der Waals surface area contributed by atoms with E-state index in [0.717, 1.165) is 0 Å². The first kappa shape index (κ1) is 11.4. The van der Waals surface area contributed by atoms with Crippen molar-refractivity contribution in [3.05, 3.63) is 12.2 Å². The number of ether oxygens (including phenoxy) is 2. The Labute approximate surface area is 83.5 Å². The van der Waals surface area contributed by atoms with Crippen LogP contribution >= 0.6 is 0 Å². The van der Waals surface area contributed by atoms with E-state index in [1.807, 2.05) is 0 Å². The van der Waals surface area contributed by atoms with Gasteiger partial charge in [0, 0.05) is 0 Å². The maximum absolute atomic E-state index is 10.6. The number of hydrogen-bond donors (Lipinski definition) is 1. The van der Waals surface area contributed by atoms with Gasteiger partial charge in [0.1, 0.15) is 12.2 Å². The zero-order valence-electron chi connectivity index (χ0n) is 8.69. The van der Waals surface area contributed by atoms with Gasteiger partial charge in [-0.15, -0.1) is 0 Å². The zero-order valence-corrected chi connectivity index (χ0v) is 8.69. The molecule has 0 aliphatic carbocycles. The van der Waals surface area contributed by atoms with Crippen LogP contribution in [0.15, 0.2) is 12.2 Å². The summed E-state index contributed by atoms with van der Waals surface area (Å²) >= 11 is 0. The van der Waals surface area contributed by atoms with Crippen LogP contribution in [0.25, 0.3) is 0 Å². The second kappa shape index (κ2) is 4.21. The van der Waals surface area contributed by atoms with E-state index in [1.54, 1.807) is 13.8 Å². The number of hydrogen-bond acceptors (Lipinski definition) is 4. The van der Waals surface area contributed by atoms with Gasteiger partial charge < -0.3 is 14.6 Å². The van der Waals surface area contributed by atoms with Gasteiger partial charge in [-0.25, -0.2) is 0 Å². The van der Waals surface area contributed by atoms with Gasteiger partial charge >= 0.3 is 0 Å². The third kappa shape index (κ3) is 3.21. The Hall–Kier alpha value is -0.710. The number of carbonyl (C=O) groups excluding carboxylic acids is 1. The second-order valence-corrected chi connectivity index (χ2v) is 3.83. The molecule has 0 spiro atoms. The zero-order chi connectivity index (χ0) is 10.8. The van der Waals surface area contributed by atoms with Gasteiger partial charge in [-0.1, -0.05) is 0 Å². The van der Waals surface area contributed by atoms with Gasteiger partial charge in [-0.05, 0) is 32.9 Å². The highest BCUT2D eigenvalue weighted by Gasteiger charge is 2.35. The fraction of sp³-hybridized carbons (Fsp3) is 0.700. The standard InChI is InChI=1S/C10H16O4/c1-7(11)4-5-8(12)9-6-13-10(2,3)14-9/h4-5,8-9,12H,6H2,1-3H3/b5-4+/t8?,9-/m1/s1. The van der Waals surface area contributed by atoms with Crippen LogP contribution in [0, 0.1) is 0 Å². The smallest absolute Gasteiger partial charge is 0.163 e. The molecule has 0 saturated carbocycles. The molecule has 1 aliphatic heterocycles. The van der Waals surface area contributed by atoms with E-state index in [-0.39, 0.29) is 11.9 Å². The van der Waals surface area contributed by atoms with Gasteiger partial charge in [0.25, 0.3) is 0 Å². The number of aliphatic hydroxyl groups is 1. The highest BCUT2D eigenvalue weighted by Crippen LogP contribution is 2.24. The maximum atomic E-state index is 10.6. The van der Waals surface area contributed by atoms with E-state index in [1.165, 1.54) is 19.1 Å². The Morgan fingerprint density at radius 3 is 2.71 bits per heavy atom. The van der Waals surface area contributed by atoms with Crippen LogP contribution in [-0.2, 0) is 14.3 Å². The van der Waals surface area contributed by atoms with Gasteiger partial charge in [-0.2, -0.15) is 0 Å². The van der Waals surface area contributed by atoms with Crippen molar-refractivity contribution < 1.29 is 19.4 Å². The van der Waals surface area contributed by atoms with Crippen molar-refractivity contribution in [3.8, 4) is 0 Å². The summed E-state index contributed by atoms with van der Waals surface area (Å²) in [5, 5.41) is 9.59. The largest absolute Gasteiger partial charge is 0.386 e. The topological polar surface area (TPSA) is 55.8 Å². The normalized spacial score (nSPS) is 28.1. The van der Waals surface area contributed by atoms with Gasteiger partial charge in [-0.3, -0.25) is 4.79 Å². The number of carbonyl (C=O) groups is 1. The third-order valence-corrected chi connectivity index (χ3v) is 1.94. The highest BCUT2D eigenvalue weighted by molar-refractivity contribution is 5.87. The quantitative estimate of drug-likeness (QED) is 0.679. The Morgan fingerprint density at radius 2 is 2.29 bits per heavy atom. The molecule has 0 radical (unpaired) electrons. The summed E-state index contributed by atoms with van der Waals surface area (Å²) in [5.74, 6) is -0.738. The fourth-order valence-electron chi connectivity index (χ4n) is 1.24. The lowest BCUT2D eigenvalue weighted by atomic mass is 10.2. The lowest BCUT2D eigenvalue weighted by molar-refractivity contribution is -0.147. The first-order valence-electron chi connectivity index (χ1n) is 4.59. The van der Waals surface area contributed by atoms with Crippen molar-refractivity contribution in [2.45, 2.75) is 38.8 Å². The molecule has 1 N–H and O–H groups in total. The summed E-state index contributed by atoms with van der Waals surface area (Å²) in [4.78, 5) is 10.6. The molecule has 1 heterocycles. The van der Waals surface area contributed by atoms with E-state index in [0.29, 0.717) is 6.61 Å². The summed E-state index contributed by atoms with van der Waals surface area (Å²) in [6, 6.07) is 0. The molecule has 0 aromatic heterocycles. The molecular formula is C10H16O4. The van der Waals surface area contributed by atoms with Crippen molar-refractivity contribution in [1.29, 1.82) is 0 Å². The molecule has 80 valence electrons. The molecule has 1 fully saturated rings. The first-order valence-corrected chi connectivity index (χ1v) is 4.59. The summed E-state index contributed by atoms with van der Waals surface area (Å²) in [6.45, 7) is 5.35.